The monoisotopic (exact) mass is 337 g/mol. The number of furan rings is 1. The summed E-state index contributed by atoms with van der Waals surface area (Å²) >= 11 is 3.69. The number of halogens is 1. The van der Waals surface area contributed by atoms with Crippen LogP contribution in [0.1, 0.15) is 50.1 Å². The van der Waals surface area contributed by atoms with Crippen molar-refractivity contribution in [3.05, 3.63) is 33.0 Å². The Morgan fingerprint density at radius 3 is 2.45 bits per heavy atom. The average molecular weight is 338 g/mol. The van der Waals surface area contributed by atoms with E-state index in [4.69, 9.17) is 4.42 Å². The number of aryl methyl sites for hydroxylation is 3. The summed E-state index contributed by atoms with van der Waals surface area (Å²) in [7, 11) is 0. The zero-order chi connectivity index (χ0) is 15.1. The van der Waals surface area contributed by atoms with Gasteiger partial charge in [-0.1, -0.05) is 22.9 Å². The highest BCUT2D eigenvalue weighted by atomic mass is 79.9. The van der Waals surface area contributed by atoms with Crippen molar-refractivity contribution in [1.29, 1.82) is 0 Å². The highest BCUT2D eigenvalue weighted by molar-refractivity contribution is 9.10. The normalized spacial score (nSPS) is 12.3. The van der Waals surface area contributed by atoms with Crippen LogP contribution < -0.4 is 5.32 Å². The third-order valence-electron chi connectivity index (χ3n) is 3.65. The van der Waals surface area contributed by atoms with Crippen LogP contribution in [0.15, 0.2) is 15.0 Å². The van der Waals surface area contributed by atoms with Crippen LogP contribution >= 0.6 is 15.9 Å². The van der Waals surface area contributed by atoms with E-state index in [9.17, 15) is 0 Å². The molecule has 1 aromatic heterocycles. The molecule has 2 rings (SSSR count). The van der Waals surface area contributed by atoms with E-state index in [2.05, 4.69) is 68.9 Å². The van der Waals surface area contributed by atoms with Gasteiger partial charge in [-0.3, -0.25) is 0 Å². The van der Waals surface area contributed by atoms with Crippen molar-refractivity contribution >= 4 is 26.9 Å². The molecule has 0 aliphatic heterocycles. The van der Waals surface area contributed by atoms with Gasteiger partial charge in [0, 0.05) is 21.0 Å². The lowest BCUT2D eigenvalue weighted by atomic mass is 10.0. The van der Waals surface area contributed by atoms with Gasteiger partial charge in [0.05, 0.1) is 6.54 Å². The lowest BCUT2D eigenvalue weighted by Crippen LogP contribution is -2.35. The highest BCUT2D eigenvalue weighted by Gasteiger charge is 2.18. The van der Waals surface area contributed by atoms with Crippen molar-refractivity contribution in [2.45, 2.75) is 60.0 Å². The first-order valence-electron chi connectivity index (χ1n) is 7.19. The molecule has 2 aromatic rings. The Morgan fingerprint density at radius 1 is 1.25 bits per heavy atom. The summed E-state index contributed by atoms with van der Waals surface area (Å²) in [6.45, 7) is 13.8. The van der Waals surface area contributed by atoms with Crippen LogP contribution in [0, 0.1) is 13.8 Å². The molecule has 110 valence electrons. The van der Waals surface area contributed by atoms with Gasteiger partial charge in [-0.25, -0.2) is 0 Å². The van der Waals surface area contributed by atoms with Gasteiger partial charge in [0.1, 0.15) is 11.3 Å². The molecule has 0 fully saturated rings. The fourth-order valence-corrected chi connectivity index (χ4v) is 2.89. The molecule has 0 atom stereocenters. The molecule has 0 amide bonds. The van der Waals surface area contributed by atoms with Gasteiger partial charge in [0.15, 0.2) is 0 Å². The Bertz CT molecular complexity index is 635. The average Bonchev–Trinajstić information content (AvgIpc) is 2.70. The van der Waals surface area contributed by atoms with Gasteiger partial charge in [-0.05, 0) is 58.2 Å². The predicted octanol–water partition coefficient (Wildman–Crippen LogP) is 5.26. The predicted molar refractivity (Wildman–Crippen MR) is 89.4 cm³/mol. The van der Waals surface area contributed by atoms with E-state index >= 15 is 0 Å². The molecule has 0 saturated carbocycles. The maximum Gasteiger partial charge on any atom is 0.135 e. The van der Waals surface area contributed by atoms with Crippen LogP contribution in [0.5, 0.6) is 0 Å². The molecular weight excluding hydrogens is 314 g/mol. The SMILES string of the molecule is CCc1c(CNC(C)(C)C)oc2cc(C)c(Br)c(C)c12. The molecular formula is C17H24BrNO. The Labute approximate surface area is 130 Å². The van der Waals surface area contributed by atoms with Gasteiger partial charge in [-0.15, -0.1) is 0 Å². The number of nitrogens with one attached hydrogen (secondary N) is 1. The van der Waals surface area contributed by atoms with Crippen LogP contribution in [0.2, 0.25) is 0 Å². The summed E-state index contributed by atoms with van der Waals surface area (Å²) < 4.78 is 7.31. The van der Waals surface area contributed by atoms with Crippen LogP contribution in [0.4, 0.5) is 0 Å². The van der Waals surface area contributed by atoms with E-state index in [1.165, 1.54) is 26.5 Å². The summed E-state index contributed by atoms with van der Waals surface area (Å²) in [5.41, 5.74) is 4.93. The number of hydrogen-bond donors (Lipinski definition) is 1. The molecule has 0 bridgehead atoms. The van der Waals surface area contributed by atoms with Gasteiger partial charge >= 0.3 is 0 Å². The van der Waals surface area contributed by atoms with E-state index in [1.54, 1.807) is 0 Å². The van der Waals surface area contributed by atoms with Crippen LogP contribution in [-0.4, -0.2) is 5.54 Å². The second kappa shape index (κ2) is 5.53. The molecule has 0 aliphatic rings. The van der Waals surface area contributed by atoms with Crippen molar-refractivity contribution in [1.82, 2.24) is 5.32 Å². The number of fused-ring (bicyclic) bond motifs is 1. The number of benzene rings is 1. The first kappa shape index (κ1) is 15.6. The van der Waals surface area contributed by atoms with Crippen molar-refractivity contribution in [2.75, 3.05) is 0 Å². The largest absolute Gasteiger partial charge is 0.459 e. The van der Waals surface area contributed by atoms with Crippen LogP contribution in [-0.2, 0) is 13.0 Å². The molecule has 1 N–H and O–H groups in total. The fraction of sp³-hybridized carbons (Fsp3) is 0.529. The number of hydrogen-bond acceptors (Lipinski definition) is 2. The van der Waals surface area contributed by atoms with E-state index in [0.717, 1.165) is 24.3 Å². The zero-order valence-electron chi connectivity index (χ0n) is 13.3. The Kier molecular flexibility index (Phi) is 4.31. The lowest BCUT2D eigenvalue weighted by Gasteiger charge is -2.19. The molecule has 20 heavy (non-hydrogen) atoms. The topological polar surface area (TPSA) is 25.2 Å². The minimum Gasteiger partial charge on any atom is -0.459 e. The number of rotatable bonds is 3. The second-order valence-corrected chi connectivity index (χ2v) is 7.26. The Balaban J connectivity index is 2.54. The van der Waals surface area contributed by atoms with Gasteiger partial charge in [-0.2, -0.15) is 0 Å². The Morgan fingerprint density at radius 2 is 1.90 bits per heavy atom. The molecule has 0 saturated heterocycles. The van der Waals surface area contributed by atoms with Gasteiger partial charge < -0.3 is 9.73 Å². The smallest absolute Gasteiger partial charge is 0.135 e. The molecule has 1 aromatic carbocycles. The molecule has 0 unspecified atom stereocenters. The zero-order valence-corrected chi connectivity index (χ0v) is 14.9. The molecule has 0 aliphatic carbocycles. The second-order valence-electron chi connectivity index (χ2n) is 6.47. The summed E-state index contributed by atoms with van der Waals surface area (Å²) in [5.74, 6) is 1.07. The minimum absolute atomic E-state index is 0.0928. The van der Waals surface area contributed by atoms with Crippen molar-refractivity contribution < 1.29 is 4.42 Å². The van der Waals surface area contributed by atoms with Crippen LogP contribution in [0.25, 0.3) is 11.0 Å². The van der Waals surface area contributed by atoms with E-state index in [-0.39, 0.29) is 5.54 Å². The van der Waals surface area contributed by atoms with Crippen molar-refractivity contribution in [3.8, 4) is 0 Å². The summed E-state index contributed by atoms with van der Waals surface area (Å²) in [4.78, 5) is 0. The van der Waals surface area contributed by atoms with Crippen molar-refractivity contribution in [2.24, 2.45) is 0 Å². The van der Waals surface area contributed by atoms with Gasteiger partial charge in [0.25, 0.3) is 0 Å². The Hall–Kier alpha value is -0.800. The first-order chi connectivity index (χ1) is 9.24. The third-order valence-corrected chi connectivity index (χ3v) is 4.87. The van der Waals surface area contributed by atoms with Crippen molar-refractivity contribution in [3.63, 3.8) is 0 Å². The van der Waals surface area contributed by atoms with Gasteiger partial charge in [0.2, 0.25) is 0 Å². The summed E-state index contributed by atoms with van der Waals surface area (Å²) in [5, 5.41) is 4.79. The lowest BCUT2D eigenvalue weighted by molar-refractivity contribution is 0.393. The maximum atomic E-state index is 6.12. The minimum atomic E-state index is 0.0928. The third kappa shape index (κ3) is 2.94. The summed E-state index contributed by atoms with van der Waals surface area (Å²) in [6.07, 6.45) is 0.991. The molecule has 1 heterocycles. The highest BCUT2D eigenvalue weighted by Crippen LogP contribution is 2.35. The summed E-state index contributed by atoms with van der Waals surface area (Å²) in [6, 6.07) is 2.13. The van der Waals surface area contributed by atoms with Crippen LogP contribution in [0.3, 0.4) is 0 Å². The quantitative estimate of drug-likeness (QED) is 0.825. The van der Waals surface area contributed by atoms with E-state index < -0.39 is 0 Å². The standard InChI is InChI=1S/C17H24BrNO/c1-7-12-14(9-19-17(4,5)6)20-13-8-10(2)16(18)11(3)15(12)13/h8,19H,7,9H2,1-6H3. The van der Waals surface area contributed by atoms with E-state index in [0.29, 0.717) is 0 Å². The maximum absolute atomic E-state index is 6.12. The molecule has 0 radical (unpaired) electrons. The molecule has 0 spiro atoms. The first-order valence-corrected chi connectivity index (χ1v) is 7.99. The molecule has 2 nitrogen and oxygen atoms in total. The fourth-order valence-electron chi connectivity index (χ4n) is 2.57. The molecule has 3 heteroatoms. The van der Waals surface area contributed by atoms with E-state index in [1.807, 2.05) is 0 Å².